The molecule has 0 spiro atoms. The van der Waals surface area contributed by atoms with Crippen LogP contribution in [0.3, 0.4) is 0 Å². The number of carbonyl (C=O) groups excluding carboxylic acids is 1. The molecule has 2 aromatic rings. The molecule has 0 unspecified atom stereocenters. The number of carbonyl (C=O) groups is 1. The highest BCUT2D eigenvalue weighted by molar-refractivity contribution is 7.22. The number of benzene rings is 1. The summed E-state index contributed by atoms with van der Waals surface area (Å²) < 4.78 is 1.12. The molecule has 4 heteroatoms. The van der Waals surface area contributed by atoms with E-state index < -0.39 is 0 Å². The van der Waals surface area contributed by atoms with Crippen molar-refractivity contribution in [2.24, 2.45) is 5.92 Å². The molecule has 0 bridgehead atoms. The third-order valence-electron chi connectivity index (χ3n) is 2.88. The van der Waals surface area contributed by atoms with Crippen LogP contribution in [0.25, 0.3) is 10.2 Å². The Bertz CT molecular complexity index is 514. The van der Waals surface area contributed by atoms with Crippen LogP contribution in [0.4, 0.5) is 5.13 Å². The molecule has 1 aromatic carbocycles. The molecule has 0 fully saturated rings. The smallest absolute Gasteiger partial charge is 0.228 e. The first-order valence-corrected chi connectivity index (χ1v) is 7.01. The number of hydrogen-bond acceptors (Lipinski definition) is 3. The van der Waals surface area contributed by atoms with Crippen LogP contribution in [-0.4, -0.2) is 17.9 Å². The normalized spacial score (nSPS) is 11.1. The van der Waals surface area contributed by atoms with Crippen molar-refractivity contribution in [2.45, 2.75) is 26.7 Å². The first-order chi connectivity index (χ1) is 8.58. The van der Waals surface area contributed by atoms with Crippen LogP contribution < -0.4 is 4.90 Å². The monoisotopic (exact) mass is 262 g/mol. The van der Waals surface area contributed by atoms with E-state index in [0.717, 1.165) is 21.8 Å². The van der Waals surface area contributed by atoms with Crippen LogP contribution in [0, 0.1) is 5.92 Å². The summed E-state index contributed by atoms with van der Waals surface area (Å²) in [4.78, 5) is 18.2. The molecule has 96 valence electrons. The largest absolute Gasteiger partial charge is 0.291 e. The number of aromatic nitrogens is 1. The van der Waals surface area contributed by atoms with E-state index in [1.165, 1.54) is 0 Å². The van der Waals surface area contributed by atoms with Gasteiger partial charge in [-0.15, -0.1) is 0 Å². The van der Waals surface area contributed by atoms with Crippen molar-refractivity contribution >= 4 is 32.6 Å². The van der Waals surface area contributed by atoms with Gasteiger partial charge < -0.3 is 0 Å². The predicted molar refractivity (Wildman–Crippen MR) is 77.1 cm³/mol. The van der Waals surface area contributed by atoms with Gasteiger partial charge >= 0.3 is 0 Å². The highest BCUT2D eigenvalue weighted by Gasteiger charge is 2.15. The minimum atomic E-state index is 0.141. The second kappa shape index (κ2) is 5.48. The van der Waals surface area contributed by atoms with E-state index in [9.17, 15) is 4.79 Å². The van der Waals surface area contributed by atoms with Gasteiger partial charge in [0.1, 0.15) is 0 Å². The lowest BCUT2D eigenvalue weighted by Crippen LogP contribution is -2.26. The number of amides is 1. The van der Waals surface area contributed by atoms with Gasteiger partial charge in [0, 0.05) is 13.5 Å². The van der Waals surface area contributed by atoms with Crippen LogP contribution in [0.2, 0.25) is 0 Å². The fraction of sp³-hybridized carbons (Fsp3) is 0.429. The van der Waals surface area contributed by atoms with Crippen molar-refractivity contribution in [3.8, 4) is 0 Å². The van der Waals surface area contributed by atoms with Gasteiger partial charge in [0.25, 0.3) is 0 Å². The average Bonchev–Trinajstić information content (AvgIpc) is 2.78. The zero-order valence-electron chi connectivity index (χ0n) is 11.0. The molecule has 0 aliphatic rings. The van der Waals surface area contributed by atoms with Crippen molar-refractivity contribution < 1.29 is 4.79 Å². The van der Waals surface area contributed by atoms with E-state index in [1.807, 2.05) is 24.3 Å². The second-order valence-corrected chi connectivity index (χ2v) is 5.86. The van der Waals surface area contributed by atoms with Gasteiger partial charge in [0.15, 0.2) is 5.13 Å². The molecule has 2 rings (SSSR count). The molecule has 0 saturated carbocycles. The summed E-state index contributed by atoms with van der Waals surface area (Å²) in [5.41, 5.74) is 0.959. The lowest BCUT2D eigenvalue weighted by Gasteiger charge is -2.14. The fourth-order valence-electron chi connectivity index (χ4n) is 1.69. The molecule has 0 N–H and O–H groups in total. The van der Waals surface area contributed by atoms with Crippen molar-refractivity contribution in [1.82, 2.24) is 4.98 Å². The maximum Gasteiger partial charge on any atom is 0.228 e. The van der Waals surface area contributed by atoms with Crippen LogP contribution in [0.1, 0.15) is 26.7 Å². The van der Waals surface area contributed by atoms with E-state index in [4.69, 9.17) is 0 Å². The summed E-state index contributed by atoms with van der Waals surface area (Å²) in [5, 5.41) is 0.782. The Morgan fingerprint density at radius 1 is 1.39 bits per heavy atom. The van der Waals surface area contributed by atoms with Gasteiger partial charge in [-0.3, -0.25) is 9.69 Å². The molecule has 18 heavy (non-hydrogen) atoms. The summed E-state index contributed by atoms with van der Waals surface area (Å²) in [7, 11) is 1.81. The Labute approximate surface area is 111 Å². The van der Waals surface area contributed by atoms with Crippen LogP contribution in [-0.2, 0) is 4.79 Å². The van der Waals surface area contributed by atoms with Gasteiger partial charge in [0.05, 0.1) is 10.2 Å². The summed E-state index contributed by atoms with van der Waals surface area (Å²) >= 11 is 1.56. The summed E-state index contributed by atoms with van der Waals surface area (Å²) in [6.07, 6.45) is 1.51. The number of thiazole rings is 1. The minimum absolute atomic E-state index is 0.141. The van der Waals surface area contributed by atoms with Crippen molar-refractivity contribution in [1.29, 1.82) is 0 Å². The van der Waals surface area contributed by atoms with E-state index >= 15 is 0 Å². The first kappa shape index (κ1) is 13.0. The van der Waals surface area contributed by atoms with Gasteiger partial charge in [-0.1, -0.05) is 37.3 Å². The van der Waals surface area contributed by atoms with Gasteiger partial charge in [-0.05, 0) is 24.5 Å². The Balaban J connectivity index is 2.12. The molecule has 0 aliphatic carbocycles. The van der Waals surface area contributed by atoms with Gasteiger partial charge in [0.2, 0.25) is 5.91 Å². The van der Waals surface area contributed by atoms with Crippen molar-refractivity contribution in [2.75, 3.05) is 11.9 Å². The molecular weight excluding hydrogens is 244 g/mol. The fourth-order valence-corrected chi connectivity index (χ4v) is 2.63. The number of para-hydroxylation sites is 1. The quantitative estimate of drug-likeness (QED) is 0.841. The van der Waals surface area contributed by atoms with E-state index in [1.54, 1.807) is 23.3 Å². The zero-order valence-corrected chi connectivity index (χ0v) is 11.8. The Morgan fingerprint density at radius 3 is 2.78 bits per heavy atom. The third-order valence-corrected chi connectivity index (χ3v) is 3.99. The Hall–Kier alpha value is -1.42. The second-order valence-electron chi connectivity index (χ2n) is 4.85. The van der Waals surface area contributed by atoms with Gasteiger partial charge in [-0.25, -0.2) is 4.98 Å². The number of nitrogens with zero attached hydrogens (tertiary/aromatic N) is 2. The lowest BCUT2D eigenvalue weighted by molar-refractivity contribution is -0.118. The zero-order chi connectivity index (χ0) is 13.1. The number of anilines is 1. The molecular formula is C14H18N2OS. The topological polar surface area (TPSA) is 33.2 Å². The molecule has 0 saturated heterocycles. The average molecular weight is 262 g/mol. The van der Waals surface area contributed by atoms with Gasteiger partial charge in [-0.2, -0.15) is 0 Å². The Morgan fingerprint density at radius 2 is 2.11 bits per heavy atom. The number of fused-ring (bicyclic) bond motifs is 1. The predicted octanol–water partition coefficient (Wildman–Crippen LogP) is 3.70. The van der Waals surface area contributed by atoms with Crippen molar-refractivity contribution in [3.05, 3.63) is 24.3 Å². The first-order valence-electron chi connectivity index (χ1n) is 6.20. The summed E-state index contributed by atoms with van der Waals surface area (Å²) in [5.74, 6) is 0.695. The molecule has 0 atom stereocenters. The Kier molecular flexibility index (Phi) is 3.97. The standard InChI is InChI=1S/C14H18N2OS/c1-10(2)8-9-13(17)16(3)14-15-11-6-4-5-7-12(11)18-14/h4-7,10H,8-9H2,1-3H3. The maximum absolute atomic E-state index is 12.0. The highest BCUT2D eigenvalue weighted by atomic mass is 32.1. The molecule has 1 amide bonds. The van der Waals surface area contributed by atoms with E-state index in [-0.39, 0.29) is 5.91 Å². The van der Waals surface area contributed by atoms with Crippen LogP contribution in [0.15, 0.2) is 24.3 Å². The maximum atomic E-state index is 12.0. The molecule has 0 aliphatic heterocycles. The van der Waals surface area contributed by atoms with E-state index in [0.29, 0.717) is 12.3 Å². The highest BCUT2D eigenvalue weighted by Crippen LogP contribution is 2.28. The molecule has 0 radical (unpaired) electrons. The molecule has 3 nitrogen and oxygen atoms in total. The van der Waals surface area contributed by atoms with Crippen LogP contribution in [0.5, 0.6) is 0 Å². The van der Waals surface area contributed by atoms with E-state index in [2.05, 4.69) is 18.8 Å². The lowest BCUT2D eigenvalue weighted by atomic mass is 10.1. The van der Waals surface area contributed by atoms with Crippen molar-refractivity contribution in [3.63, 3.8) is 0 Å². The molecule has 1 aromatic heterocycles. The summed E-state index contributed by atoms with van der Waals surface area (Å²) in [6, 6.07) is 7.96. The number of hydrogen-bond donors (Lipinski definition) is 0. The molecule has 1 heterocycles. The third kappa shape index (κ3) is 2.88. The minimum Gasteiger partial charge on any atom is -0.291 e. The summed E-state index contributed by atoms with van der Waals surface area (Å²) in [6.45, 7) is 4.26. The van der Waals surface area contributed by atoms with Crippen LogP contribution >= 0.6 is 11.3 Å². The SMILES string of the molecule is CC(C)CCC(=O)N(C)c1nc2ccccc2s1. The number of rotatable bonds is 4.